The van der Waals surface area contributed by atoms with Gasteiger partial charge in [0.05, 0.1) is 5.56 Å². The number of hydrogen-bond acceptors (Lipinski definition) is 3. The van der Waals surface area contributed by atoms with Crippen LogP contribution in [0.15, 0.2) is 18.2 Å². The van der Waals surface area contributed by atoms with Crippen LogP contribution in [-0.4, -0.2) is 22.7 Å². The minimum absolute atomic E-state index is 0.124. The molecule has 17 heavy (non-hydrogen) atoms. The Labute approximate surface area is 100 Å². The lowest BCUT2D eigenvalue weighted by Crippen LogP contribution is -2.27. The maximum atomic E-state index is 11.7. The third kappa shape index (κ3) is 2.70. The van der Waals surface area contributed by atoms with E-state index in [1.54, 1.807) is 0 Å². The maximum Gasteiger partial charge on any atom is 0.255 e. The molecule has 1 saturated carbocycles. The van der Waals surface area contributed by atoms with Gasteiger partial charge in [-0.3, -0.25) is 4.79 Å². The van der Waals surface area contributed by atoms with Crippen LogP contribution in [0.4, 0.5) is 0 Å². The number of nitrogens with one attached hydrogen (secondary N) is 1. The lowest BCUT2D eigenvalue weighted by molar-refractivity contribution is 0.0945. The topological polar surface area (TPSA) is 69.6 Å². The predicted octanol–water partition coefficient (Wildman–Crippen LogP) is 2.02. The van der Waals surface area contributed by atoms with Crippen LogP contribution in [-0.2, 0) is 0 Å². The molecule has 1 aromatic carbocycles. The van der Waals surface area contributed by atoms with Crippen molar-refractivity contribution in [2.24, 2.45) is 5.92 Å². The molecule has 0 bridgehead atoms. The van der Waals surface area contributed by atoms with Crippen molar-refractivity contribution in [3.05, 3.63) is 23.8 Å². The van der Waals surface area contributed by atoms with E-state index < -0.39 is 0 Å². The molecule has 0 aromatic heterocycles. The second-order valence-corrected chi connectivity index (χ2v) is 4.51. The molecule has 4 heteroatoms. The van der Waals surface area contributed by atoms with Crippen molar-refractivity contribution in [1.29, 1.82) is 0 Å². The Hall–Kier alpha value is -1.71. The average molecular weight is 235 g/mol. The van der Waals surface area contributed by atoms with Crippen molar-refractivity contribution >= 4 is 5.91 Å². The van der Waals surface area contributed by atoms with Crippen LogP contribution in [0.25, 0.3) is 0 Å². The number of rotatable bonds is 4. The van der Waals surface area contributed by atoms with E-state index in [1.807, 2.05) is 0 Å². The van der Waals surface area contributed by atoms with Crippen LogP contribution in [0.3, 0.4) is 0 Å². The number of para-hydroxylation sites is 1. The number of phenols is 2. The molecule has 0 spiro atoms. The molecule has 2 rings (SSSR count). The van der Waals surface area contributed by atoms with Crippen molar-refractivity contribution in [3.8, 4) is 11.5 Å². The molecule has 0 atom stereocenters. The van der Waals surface area contributed by atoms with Gasteiger partial charge in [-0.2, -0.15) is 0 Å². The van der Waals surface area contributed by atoms with Gasteiger partial charge in [-0.25, -0.2) is 0 Å². The third-order valence-corrected chi connectivity index (χ3v) is 3.32. The van der Waals surface area contributed by atoms with E-state index in [9.17, 15) is 15.0 Å². The number of benzene rings is 1. The molecule has 92 valence electrons. The first-order valence-corrected chi connectivity index (χ1v) is 5.97. The quantitative estimate of drug-likeness (QED) is 0.699. The van der Waals surface area contributed by atoms with Crippen molar-refractivity contribution in [2.75, 3.05) is 6.54 Å². The summed E-state index contributed by atoms with van der Waals surface area (Å²) in [5, 5.41) is 21.6. The minimum atomic E-state index is -0.353. The summed E-state index contributed by atoms with van der Waals surface area (Å²) in [6.07, 6.45) is 4.80. The summed E-state index contributed by atoms with van der Waals surface area (Å²) < 4.78 is 0. The highest BCUT2D eigenvalue weighted by Gasteiger charge is 2.18. The highest BCUT2D eigenvalue weighted by molar-refractivity contribution is 5.97. The van der Waals surface area contributed by atoms with Gasteiger partial charge in [0.15, 0.2) is 11.5 Å². The van der Waals surface area contributed by atoms with Crippen molar-refractivity contribution in [1.82, 2.24) is 5.32 Å². The van der Waals surface area contributed by atoms with Gasteiger partial charge in [-0.15, -0.1) is 0 Å². The van der Waals surface area contributed by atoms with E-state index in [1.165, 1.54) is 37.5 Å². The van der Waals surface area contributed by atoms with E-state index in [2.05, 4.69) is 5.32 Å². The highest BCUT2D eigenvalue weighted by Crippen LogP contribution is 2.29. The smallest absolute Gasteiger partial charge is 0.255 e. The Morgan fingerprint density at radius 1 is 1.35 bits per heavy atom. The largest absolute Gasteiger partial charge is 0.504 e. The molecule has 1 aromatic rings. The second kappa shape index (κ2) is 5.08. The van der Waals surface area contributed by atoms with Gasteiger partial charge >= 0.3 is 0 Å². The summed E-state index contributed by atoms with van der Waals surface area (Å²) in [6.45, 7) is 0.624. The zero-order chi connectivity index (χ0) is 12.3. The van der Waals surface area contributed by atoms with E-state index in [0.717, 1.165) is 12.3 Å². The fourth-order valence-electron chi connectivity index (χ4n) is 1.98. The third-order valence-electron chi connectivity index (χ3n) is 3.32. The van der Waals surface area contributed by atoms with Crippen molar-refractivity contribution < 1.29 is 15.0 Å². The number of phenolic OH excluding ortho intramolecular Hbond substituents is 2. The Kier molecular flexibility index (Phi) is 3.52. The first-order valence-electron chi connectivity index (χ1n) is 5.97. The molecule has 1 aliphatic rings. The Bertz CT molecular complexity index is 413. The molecule has 0 aliphatic heterocycles. The summed E-state index contributed by atoms with van der Waals surface area (Å²) in [6, 6.07) is 4.38. The number of aromatic hydroxyl groups is 2. The summed E-state index contributed by atoms with van der Waals surface area (Å²) >= 11 is 0. The minimum Gasteiger partial charge on any atom is -0.504 e. The molecule has 4 nitrogen and oxygen atoms in total. The molecular weight excluding hydrogens is 218 g/mol. The van der Waals surface area contributed by atoms with Crippen LogP contribution in [0, 0.1) is 5.92 Å². The van der Waals surface area contributed by atoms with Crippen LogP contribution in [0.2, 0.25) is 0 Å². The van der Waals surface area contributed by atoms with E-state index in [-0.39, 0.29) is 23.0 Å². The lowest BCUT2D eigenvalue weighted by Gasteiger charge is -2.25. The molecular formula is C13H17NO3. The zero-order valence-corrected chi connectivity index (χ0v) is 9.65. The van der Waals surface area contributed by atoms with Gasteiger partial charge in [0.2, 0.25) is 0 Å². The standard InChI is InChI=1S/C13H17NO3/c15-11-6-2-5-10(12(11)16)13(17)14-8-7-9-3-1-4-9/h2,5-6,9,15-16H,1,3-4,7-8H2,(H,14,17). The van der Waals surface area contributed by atoms with Gasteiger partial charge in [0.25, 0.3) is 5.91 Å². The number of carbonyl (C=O) groups excluding carboxylic acids is 1. The fraction of sp³-hybridized carbons (Fsp3) is 0.462. The normalized spacial score (nSPS) is 15.3. The van der Waals surface area contributed by atoms with Crippen LogP contribution in [0.5, 0.6) is 11.5 Å². The van der Waals surface area contributed by atoms with Crippen LogP contribution in [0.1, 0.15) is 36.0 Å². The molecule has 0 heterocycles. The van der Waals surface area contributed by atoms with Gasteiger partial charge in [0.1, 0.15) is 0 Å². The molecule has 0 saturated heterocycles. The SMILES string of the molecule is O=C(NCCC1CCC1)c1cccc(O)c1O. The lowest BCUT2D eigenvalue weighted by atomic mass is 9.83. The van der Waals surface area contributed by atoms with Crippen LogP contribution >= 0.6 is 0 Å². The second-order valence-electron chi connectivity index (χ2n) is 4.51. The number of amides is 1. The zero-order valence-electron chi connectivity index (χ0n) is 9.65. The Morgan fingerprint density at radius 2 is 2.12 bits per heavy atom. The molecule has 0 radical (unpaired) electrons. The summed E-state index contributed by atoms with van der Waals surface area (Å²) in [5.74, 6) is -0.212. The highest BCUT2D eigenvalue weighted by atomic mass is 16.3. The monoisotopic (exact) mass is 235 g/mol. The number of hydrogen-bond donors (Lipinski definition) is 3. The van der Waals surface area contributed by atoms with Gasteiger partial charge in [-0.05, 0) is 24.5 Å². The average Bonchev–Trinajstić information content (AvgIpc) is 2.25. The fourth-order valence-corrected chi connectivity index (χ4v) is 1.98. The first kappa shape index (κ1) is 11.8. The maximum absolute atomic E-state index is 11.7. The van der Waals surface area contributed by atoms with Crippen molar-refractivity contribution in [2.45, 2.75) is 25.7 Å². The molecule has 0 unspecified atom stereocenters. The van der Waals surface area contributed by atoms with Crippen LogP contribution < -0.4 is 5.32 Å². The van der Waals surface area contributed by atoms with E-state index in [4.69, 9.17) is 0 Å². The Morgan fingerprint density at radius 3 is 2.76 bits per heavy atom. The van der Waals surface area contributed by atoms with Gasteiger partial charge in [-0.1, -0.05) is 25.3 Å². The summed E-state index contributed by atoms with van der Waals surface area (Å²) in [4.78, 5) is 11.7. The molecule has 3 N–H and O–H groups in total. The van der Waals surface area contributed by atoms with Gasteiger partial charge in [0, 0.05) is 6.54 Å². The van der Waals surface area contributed by atoms with E-state index in [0.29, 0.717) is 6.54 Å². The predicted molar refractivity (Wildman–Crippen MR) is 64.1 cm³/mol. The molecule has 1 aliphatic carbocycles. The Balaban J connectivity index is 1.87. The summed E-state index contributed by atoms with van der Waals surface area (Å²) in [7, 11) is 0. The van der Waals surface area contributed by atoms with E-state index >= 15 is 0 Å². The molecule has 1 amide bonds. The van der Waals surface area contributed by atoms with Gasteiger partial charge < -0.3 is 15.5 Å². The number of carbonyl (C=O) groups is 1. The summed E-state index contributed by atoms with van der Waals surface area (Å²) in [5.41, 5.74) is 0.124. The van der Waals surface area contributed by atoms with Crippen molar-refractivity contribution in [3.63, 3.8) is 0 Å². The molecule has 1 fully saturated rings. The first-order chi connectivity index (χ1) is 8.18.